The van der Waals surface area contributed by atoms with Gasteiger partial charge in [-0.05, 0) is 12.1 Å². The van der Waals surface area contributed by atoms with Crippen molar-refractivity contribution in [2.75, 3.05) is 20.8 Å². The first-order valence-electron chi connectivity index (χ1n) is 5.26. The second-order valence-electron chi connectivity index (χ2n) is 2.86. The molecule has 0 aliphatic rings. The third-order valence-corrected chi connectivity index (χ3v) is 1.67. The Balaban J connectivity index is -0.000000154. The molecular formula is C15H15FK2O4-2. The van der Waals surface area contributed by atoms with Crippen molar-refractivity contribution in [3.63, 3.8) is 0 Å². The molecule has 0 unspecified atom stereocenters. The Morgan fingerprint density at radius 1 is 1.41 bits per heavy atom. The van der Waals surface area contributed by atoms with Crippen molar-refractivity contribution in [1.82, 2.24) is 0 Å². The summed E-state index contributed by atoms with van der Waals surface area (Å²) in [5.74, 6) is 0.948. The monoisotopic (exact) mass is 356 g/mol. The fourth-order valence-electron chi connectivity index (χ4n) is 0.847. The Kier molecular flexibility index (Phi) is 34.1. The molecular weight excluding hydrogens is 341 g/mol. The number of carbonyl (C=O) groups excluding carboxylic acids is 2. The van der Waals surface area contributed by atoms with Crippen LogP contribution in [-0.4, -0.2) is 33.1 Å². The Morgan fingerprint density at radius 3 is 2.23 bits per heavy atom. The van der Waals surface area contributed by atoms with Gasteiger partial charge < -0.3 is 32.2 Å². The number of methoxy groups -OCH3 is 2. The molecule has 0 spiro atoms. The van der Waals surface area contributed by atoms with Crippen LogP contribution in [0.1, 0.15) is 5.56 Å². The smallest absolute Gasteiger partial charge is 0.500 e. The molecule has 0 heterocycles. The molecule has 0 radical (unpaired) electrons. The van der Waals surface area contributed by atoms with E-state index in [-0.39, 0.29) is 108 Å². The van der Waals surface area contributed by atoms with Gasteiger partial charge in [0.25, 0.3) is 0 Å². The largest absolute Gasteiger partial charge is 1.00 e. The Morgan fingerprint density at radius 2 is 1.91 bits per heavy atom. The van der Waals surface area contributed by atoms with E-state index in [1.165, 1.54) is 25.5 Å². The second-order valence-corrected chi connectivity index (χ2v) is 2.86. The van der Waals surface area contributed by atoms with E-state index >= 15 is 0 Å². The summed E-state index contributed by atoms with van der Waals surface area (Å²) < 4.78 is 22.3. The van der Waals surface area contributed by atoms with Crippen molar-refractivity contribution in [3.05, 3.63) is 55.2 Å². The van der Waals surface area contributed by atoms with Gasteiger partial charge in [0.15, 0.2) is 0 Å². The van der Waals surface area contributed by atoms with Crippen LogP contribution in [-0.2, 0) is 14.3 Å². The van der Waals surface area contributed by atoms with Gasteiger partial charge in [-0.15, -0.1) is 6.07 Å². The van der Waals surface area contributed by atoms with Crippen molar-refractivity contribution in [2.45, 2.75) is 0 Å². The van der Waals surface area contributed by atoms with Crippen LogP contribution in [0.15, 0.2) is 24.3 Å². The molecule has 0 aliphatic heterocycles. The van der Waals surface area contributed by atoms with E-state index in [0.717, 1.165) is 12.0 Å². The number of hydrogen-bond acceptors (Lipinski definition) is 4. The summed E-state index contributed by atoms with van der Waals surface area (Å²) >= 11 is 0. The zero-order valence-corrected chi connectivity index (χ0v) is 19.6. The van der Waals surface area contributed by atoms with E-state index in [1.807, 2.05) is 0 Å². The zero-order valence-electron chi connectivity index (χ0n) is 13.3. The minimum atomic E-state index is -0.481. The summed E-state index contributed by atoms with van der Waals surface area (Å²) in [4.78, 5) is 18.3. The predicted octanol–water partition coefficient (Wildman–Crippen LogP) is -4.07. The number of ether oxygens (including phenoxy) is 2. The zero-order chi connectivity index (χ0) is 15.8. The number of allylic oxidation sites excluding steroid dienone is 1. The standard InChI is InChI=1S/C10H7FO2.C3H7O.C2HO.2K/c1-13-9-5-4-8(3-2-6-12)10(11)7-9;1-3-4-2;1-2-3;;/h2,4-5,7H,1H3;1,3H2,2H3;1H;;/q-2;2*-1;2*+1. The molecule has 0 aliphatic carbocycles. The van der Waals surface area contributed by atoms with Crippen molar-refractivity contribution >= 4 is 12.2 Å². The third kappa shape index (κ3) is 19.1. The molecule has 1 rings (SSSR count). The first kappa shape index (κ1) is 30.9. The average Bonchev–Trinajstić information content (AvgIpc) is 2.47. The van der Waals surface area contributed by atoms with Crippen LogP contribution in [0.2, 0.25) is 0 Å². The molecule has 4 nitrogen and oxygen atoms in total. The first-order chi connectivity index (χ1) is 9.60. The third-order valence-electron chi connectivity index (χ3n) is 1.67. The van der Waals surface area contributed by atoms with Gasteiger partial charge in [0.1, 0.15) is 0 Å². The molecule has 22 heavy (non-hydrogen) atoms. The minimum absolute atomic E-state index is 0. The van der Waals surface area contributed by atoms with Crippen molar-refractivity contribution in [1.29, 1.82) is 0 Å². The van der Waals surface area contributed by atoms with E-state index in [2.05, 4.69) is 24.3 Å². The molecule has 0 saturated carbocycles. The van der Waals surface area contributed by atoms with Gasteiger partial charge in [0.05, 0.1) is 12.9 Å². The van der Waals surface area contributed by atoms with E-state index in [1.54, 1.807) is 13.2 Å². The summed E-state index contributed by atoms with van der Waals surface area (Å²) in [7, 11) is 3.07. The Labute approximate surface area is 216 Å². The van der Waals surface area contributed by atoms with Crippen LogP contribution in [0.4, 0.5) is 4.39 Å². The van der Waals surface area contributed by atoms with Crippen LogP contribution in [0.25, 0.3) is 0 Å². The molecule has 0 atom stereocenters. The van der Waals surface area contributed by atoms with Crippen LogP contribution in [0.5, 0.6) is 5.75 Å². The molecule has 0 fully saturated rings. The van der Waals surface area contributed by atoms with Crippen LogP contribution in [0.3, 0.4) is 0 Å². The van der Waals surface area contributed by atoms with Crippen LogP contribution < -0.4 is 108 Å². The number of benzene rings is 1. The summed E-state index contributed by atoms with van der Waals surface area (Å²) in [6, 6.07) is 4.28. The normalized spacial score (nSPS) is 7.82. The quantitative estimate of drug-likeness (QED) is 0.238. The van der Waals surface area contributed by atoms with Gasteiger partial charge in [-0.25, -0.2) is 17.7 Å². The van der Waals surface area contributed by atoms with Crippen molar-refractivity contribution < 1.29 is 126 Å². The topological polar surface area (TPSA) is 52.6 Å². The molecule has 0 N–H and O–H groups in total. The molecule has 7 heteroatoms. The maximum atomic E-state index is 13.1. The van der Waals surface area contributed by atoms with Gasteiger partial charge in [-0.2, -0.15) is 0 Å². The fourth-order valence-corrected chi connectivity index (χ4v) is 0.847. The van der Waals surface area contributed by atoms with Crippen LogP contribution in [0, 0.1) is 25.4 Å². The summed E-state index contributed by atoms with van der Waals surface area (Å²) in [6.45, 7) is 7.99. The fraction of sp³-hybridized carbons (Fsp3) is 0.200. The maximum Gasteiger partial charge on any atom is 1.00 e. The van der Waals surface area contributed by atoms with E-state index < -0.39 is 5.82 Å². The number of halogens is 1. The average molecular weight is 356 g/mol. The molecule has 1 aromatic carbocycles. The molecule has 0 bridgehead atoms. The van der Waals surface area contributed by atoms with Crippen molar-refractivity contribution in [3.8, 4) is 5.75 Å². The summed E-state index contributed by atoms with van der Waals surface area (Å²) in [6.07, 6.45) is 4.91. The van der Waals surface area contributed by atoms with Gasteiger partial charge >= 0.3 is 103 Å². The minimum Gasteiger partial charge on any atom is -0.500 e. The number of hydrogen-bond donors (Lipinski definition) is 0. The van der Waals surface area contributed by atoms with Crippen LogP contribution >= 0.6 is 0 Å². The first-order valence-corrected chi connectivity index (χ1v) is 5.26. The summed E-state index contributed by atoms with van der Waals surface area (Å²) in [5, 5.41) is 0. The van der Waals surface area contributed by atoms with Crippen molar-refractivity contribution in [2.24, 2.45) is 0 Å². The second kappa shape index (κ2) is 24.3. The van der Waals surface area contributed by atoms with E-state index in [9.17, 15) is 9.18 Å². The molecule has 1 aromatic rings. The molecule has 0 amide bonds. The predicted molar refractivity (Wildman–Crippen MR) is 72.8 cm³/mol. The summed E-state index contributed by atoms with van der Waals surface area (Å²) in [5.41, 5.74) is 0.212. The van der Waals surface area contributed by atoms with Gasteiger partial charge in [0.2, 0.25) is 0 Å². The molecule has 110 valence electrons. The SMILES string of the molecule is COc1ccc([C-]=C[C-]=O)c(F)c1.[CH-]=C=O.[CH2-]COC.[K+].[K+]. The van der Waals surface area contributed by atoms with Gasteiger partial charge in [-0.1, -0.05) is 18.6 Å². The van der Waals surface area contributed by atoms with Gasteiger partial charge in [-0.3, -0.25) is 10.9 Å². The molecule has 0 aromatic heterocycles. The maximum absolute atomic E-state index is 13.1. The van der Waals surface area contributed by atoms with Gasteiger partial charge in [0, 0.05) is 7.11 Å². The molecule has 0 saturated heterocycles. The Bertz CT molecular complexity index is 443. The number of rotatable bonds is 4. The Hall–Kier alpha value is 1.04. The van der Waals surface area contributed by atoms with E-state index in [0.29, 0.717) is 12.4 Å². The van der Waals surface area contributed by atoms with E-state index in [4.69, 9.17) is 9.53 Å².